The molecule has 0 bridgehead atoms. The van der Waals surface area contributed by atoms with E-state index in [1.165, 1.54) is 21.1 Å². The zero-order valence-corrected chi connectivity index (χ0v) is 16.0. The molecular weight excluding hydrogens is 437 g/mol. The molecule has 1 nitrogen and oxygen atoms in total. The van der Waals surface area contributed by atoms with Crippen molar-refractivity contribution in [2.75, 3.05) is 6.54 Å². The van der Waals surface area contributed by atoms with Gasteiger partial charge in [0.1, 0.15) is 0 Å². The summed E-state index contributed by atoms with van der Waals surface area (Å²) in [6.45, 7) is 3.29. The fraction of sp³-hybridized carbons (Fsp3) is 0.333. The van der Waals surface area contributed by atoms with E-state index in [1.54, 1.807) is 0 Å². The predicted molar refractivity (Wildman–Crippen MR) is 103 cm³/mol. The number of hydrogen-bond acceptors (Lipinski definition) is 1. The topological polar surface area (TPSA) is 12.0 Å². The van der Waals surface area contributed by atoms with Crippen LogP contribution in [-0.4, -0.2) is 12.6 Å². The summed E-state index contributed by atoms with van der Waals surface area (Å²) in [7, 11) is 0. The van der Waals surface area contributed by atoms with Crippen LogP contribution in [0.2, 0.25) is 0 Å². The molecule has 2 aromatic carbocycles. The number of benzene rings is 2. The van der Waals surface area contributed by atoms with Crippen molar-refractivity contribution >= 4 is 38.5 Å². The molecule has 3 heteroatoms. The number of hydrogen-bond donors (Lipinski definition) is 1. The molecule has 112 valence electrons. The summed E-state index contributed by atoms with van der Waals surface area (Å²) in [5, 5.41) is 3.68. The molecule has 2 aromatic rings. The highest BCUT2D eigenvalue weighted by Crippen LogP contribution is 2.14. The first-order valence-corrected chi connectivity index (χ1v) is 9.27. The lowest BCUT2D eigenvalue weighted by Gasteiger charge is -2.19. The van der Waals surface area contributed by atoms with E-state index in [9.17, 15) is 0 Å². The highest BCUT2D eigenvalue weighted by atomic mass is 127. The van der Waals surface area contributed by atoms with Gasteiger partial charge in [-0.15, -0.1) is 0 Å². The molecule has 0 heterocycles. The Hall–Kier alpha value is -0.390. The first-order valence-electron chi connectivity index (χ1n) is 7.39. The van der Waals surface area contributed by atoms with Gasteiger partial charge in [0.25, 0.3) is 0 Å². The Labute approximate surface area is 149 Å². The summed E-state index contributed by atoms with van der Waals surface area (Å²) in [6, 6.07) is 18.0. The Morgan fingerprint density at radius 2 is 1.48 bits per heavy atom. The molecule has 0 radical (unpaired) electrons. The van der Waals surface area contributed by atoms with Crippen molar-refractivity contribution in [3.8, 4) is 0 Å². The van der Waals surface area contributed by atoms with Crippen molar-refractivity contribution in [1.82, 2.24) is 5.32 Å². The Morgan fingerprint density at radius 1 is 0.952 bits per heavy atom. The van der Waals surface area contributed by atoms with Crippen molar-refractivity contribution in [3.63, 3.8) is 0 Å². The molecule has 0 aliphatic heterocycles. The van der Waals surface area contributed by atoms with Gasteiger partial charge in [-0.25, -0.2) is 0 Å². The van der Waals surface area contributed by atoms with Gasteiger partial charge in [-0.2, -0.15) is 0 Å². The fourth-order valence-corrected chi connectivity index (χ4v) is 3.00. The molecular formula is C18H21BrIN. The number of nitrogens with one attached hydrogen (secondary N) is 1. The summed E-state index contributed by atoms with van der Waals surface area (Å²) < 4.78 is 2.43. The first-order chi connectivity index (χ1) is 10.2. The zero-order valence-electron chi connectivity index (χ0n) is 12.3. The molecule has 0 aliphatic carbocycles. The van der Waals surface area contributed by atoms with Crippen LogP contribution in [0.3, 0.4) is 0 Å². The summed E-state index contributed by atoms with van der Waals surface area (Å²) in [4.78, 5) is 0. The van der Waals surface area contributed by atoms with Crippen LogP contribution >= 0.6 is 38.5 Å². The standard InChI is InChI=1S/C18H21BrIN/c1-2-11-21-18(12-14-3-7-16(19)8-4-14)13-15-5-9-17(20)10-6-15/h3-10,18,21H,2,11-13H2,1H3. The van der Waals surface area contributed by atoms with Gasteiger partial charge in [0.2, 0.25) is 0 Å². The molecule has 2 rings (SSSR count). The maximum atomic E-state index is 3.68. The van der Waals surface area contributed by atoms with Gasteiger partial charge in [0.05, 0.1) is 0 Å². The van der Waals surface area contributed by atoms with Crippen LogP contribution < -0.4 is 5.32 Å². The van der Waals surface area contributed by atoms with E-state index < -0.39 is 0 Å². The molecule has 21 heavy (non-hydrogen) atoms. The van der Waals surface area contributed by atoms with E-state index in [2.05, 4.69) is 99.3 Å². The zero-order chi connectivity index (χ0) is 15.1. The third-order valence-electron chi connectivity index (χ3n) is 3.47. The maximum absolute atomic E-state index is 3.68. The SMILES string of the molecule is CCCNC(Cc1ccc(Br)cc1)Cc1ccc(I)cc1. The summed E-state index contributed by atoms with van der Waals surface area (Å²) in [5.74, 6) is 0. The molecule has 0 amide bonds. The van der Waals surface area contributed by atoms with Gasteiger partial charge in [0.15, 0.2) is 0 Å². The van der Waals surface area contributed by atoms with Crippen molar-refractivity contribution < 1.29 is 0 Å². The van der Waals surface area contributed by atoms with Crippen LogP contribution in [0.25, 0.3) is 0 Å². The van der Waals surface area contributed by atoms with E-state index in [-0.39, 0.29) is 0 Å². The van der Waals surface area contributed by atoms with Crippen LogP contribution in [0.15, 0.2) is 53.0 Å². The average molecular weight is 458 g/mol. The minimum absolute atomic E-state index is 0.492. The summed E-state index contributed by atoms with van der Waals surface area (Å²) >= 11 is 5.85. The maximum Gasteiger partial charge on any atom is 0.0175 e. The van der Waals surface area contributed by atoms with Crippen molar-refractivity contribution in [2.24, 2.45) is 0 Å². The lowest BCUT2D eigenvalue weighted by Crippen LogP contribution is -2.33. The minimum Gasteiger partial charge on any atom is -0.313 e. The molecule has 0 spiro atoms. The Balaban J connectivity index is 2.02. The van der Waals surface area contributed by atoms with Gasteiger partial charge in [-0.1, -0.05) is 47.1 Å². The second-order valence-electron chi connectivity index (χ2n) is 5.31. The second-order valence-corrected chi connectivity index (χ2v) is 7.47. The Morgan fingerprint density at radius 3 is 2.00 bits per heavy atom. The molecule has 0 saturated heterocycles. The highest BCUT2D eigenvalue weighted by molar-refractivity contribution is 14.1. The largest absolute Gasteiger partial charge is 0.313 e. The van der Waals surface area contributed by atoms with Crippen LogP contribution in [0.5, 0.6) is 0 Å². The molecule has 0 aromatic heterocycles. The van der Waals surface area contributed by atoms with Crippen molar-refractivity contribution in [2.45, 2.75) is 32.2 Å². The summed E-state index contributed by atoms with van der Waals surface area (Å²) in [6.07, 6.45) is 3.32. The second kappa shape index (κ2) is 8.91. The van der Waals surface area contributed by atoms with Gasteiger partial charge >= 0.3 is 0 Å². The molecule has 0 saturated carbocycles. The third kappa shape index (κ3) is 6.09. The normalized spacial score (nSPS) is 12.3. The lowest BCUT2D eigenvalue weighted by atomic mass is 9.99. The van der Waals surface area contributed by atoms with Crippen molar-refractivity contribution in [3.05, 3.63) is 67.7 Å². The monoisotopic (exact) mass is 457 g/mol. The highest BCUT2D eigenvalue weighted by Gasteiger charge is 2.10. The number of rotatable bonds is 7. The number of halogens is 2. The fourth-order valence-electron chi connectivity index (χ4n) is 2.37. The van der Waals surface area contributed by atoms with Crippen LogP contribution in [0, 0.1) is 3.57 Å². The minimum atomic E-state index is 0.492. The van der Waals surface area contributed by atoms with Gasteiger partial charge in [-0.3, -0.25) is 0 Å². The van der Waals surface area contributed by atoms with E-state index >= 15 is 0 Å². The van der Waals surface area contributed by atoms with Crippen LogP contribution in [-0.2, 0) is 12.8 Å². The van der Waals surface area contributed by atoms with Crippen LogP contribution in [0.1, 0.15) is 24.5 Å². The molecule has 0 fully saturated rings. The van der Waals surface area contributed by atoms with Crippen LogP contribution in [0.4, 0.5) is 0 Å². The smallest absolute Gasteiger partial charge is 0.0175 e. The van der Waals surface area contributed by atoms with E-state index in [0.29, 0.717) is 6.04 Å². The Bertz CT molecular complexity index is 489. The van der Waals surface area contributed by atoms with Gasteiger partial charge < -0.3 is 5.32 Å². The first kappa shape index (κ1) is 17.0. The molecule has 1 unspecified atom stereocenters. The van der Waals surface area contributed by atoms with Gasteiger partial charge in [-0.05, 0) is 83.8 Å². The molecule has 1 atom stereocenters. The molecule has 1 N–H and O–H groups in total. The Kier molecular flexibility index (Phi) is 7.20. The lowest BCUT2D eigenvalue weighted by molar-refractivity contribution is 0.505. The van der Waals surface area contributed by atoms with E-state index in [1.807, 2.05) is 0 Å². The van der Waals surface area contributed by atoms with Gasteiger partial charge in [0, 0.05) is 14.1 Å². The summed E-state index contributed by atoms with van der Waals surface area (Å²) in [5.41, 5.74) is 2.79. The average Bonchev–Trinajstić information content (AvgIpc) is 2.49. The quantitative estimate of drug-likeness (QED) is 0.563. The van der Waals surface area contributed by atoms with E-state index in [0.717, 1.165) is 23.9 Å². The molecule has 0 aliphatic rings. The van der Waals surface area contributed by atoms with E-state index in [4.69, 9.17) is 0 Å². The van der Waals surface area contributed by atoms with Crippen molar-refractivity contribution in [1.29, 1.82) is 0 Å². The predicted octanol–water partition coefficient (Wildman–Crippen LogP) is 5.21. The third-order valence-corrected chi connectivity index (χ3v) is 4.72.